The van der Waals surface area contributed by atoms with Crippen molar-refractivity contribution in [2.75, 3.05) is 23.3 Å². The number of carbonyl (C=O) groups excluding carboxylic acids is 2. The molecule has 0 atom stereocenters. The highest BCUT2D eigenvalue weighted by atomic mass is 19.1. The van der Waals surface area contributed by atoms with Gasteiger partial charge < -0.3 is 15.5 Å². The number of halogens is 2. The Morgan fingerprint density at radius 1 is 0.879 bits per heavy atom. The highest BCUT2D eigenvalue weighted by Crippen LogP contribution is 2.24. The number of hydrogen-bond acceptors (Lipinski definition) is 2. The lowest BCUT2D eigenvalue weighted by Crippen LogP contribution is -2.49. The summed E-state index contributed by atoms with van der Waals surface area (Å²) in [5.41, 5.74) is 2.10. The molecule has 0 unspecified atom stereocenters. The van der Waals surface area contributed by atoms with E-state index in [0.29, 0.717) is 37.4 Å². The van der Waals surface area contributed by atoms with E-state index in [0.717, 1.165) is 5.56 Å². The molecular weight excluding hydrogens is 426 g/mol. The Labute approximate surface area is 190 Å². The lowest BCUT2D eigenvalue weighted by atomic mass is 10.1. The third-order valence-corrected chi connectivity index (χ3v) is 5.45. The van der Waals surface area contributed by atoms with E-state index in [1.807, 2.05) is 30.3 Å². The molecule has 0 saturated carbocycles. The van der Waals surface area contributed by atoms with Gasteiger partial charge in [-0.15, -0.1) is 0 Å². The number of urea groups is 2. The number of carbonyl (C=O) groups is 2. The lowest BCUT2D eigenvalue weighted by Gasteiger charge is -2.35. The molecule has 0 bridgehead atoms. The summed E-state index contributed by atoms with van der Waals surface area (Å²) >= 11 is 0. The van der Waals surface area contributed by atoms with Crippen molar-refractivity contribution in [2.45, 2.75) is 19.5 Å². The smallest absolute Gasteiger partial charge is 0.324 e. The van der Waals surface area contributed by atoms with Crippen LogP contribution in [0.3, 0.4) is 0 Å². The van der Waals surface area contributed by atoms with E-state index in [1.165, 1.54) is 23.1 Å². The molecule has 3 aromatic rings. The first-order valence-corrected chi connectivity index (χ1v) is 10.7. The Morgan fingerprint density at radius 3 is 2.27 bits per heavy atom. The summed E-state index contributed by atoms with van der Waals surface area (Å²) in [5.74, 6) is -1.33. The van der Waals surface area contributed by atoms with Crippen molar-refractivity contribution in [1.29, 1.82) is 0 Å². The molecule has 0 aliphatic carbocycles. The van der Waals surface area contributed by atoms with E-state index in [4.69, 9.17) is 0 Å². The predicted molar refractivity (Wildman–Crippen MR) is 123 cm³/mol. The number of hydrogen-bond donors (Lipinski definition) is 2. The summed E-state index contributed by atoms with van der Waals surface area (Å²) in [5, 5.41) is 5.55. The van der Waals surface area contributed by atoms with Gasteiger partial charge in [-0.1, -0.05) is 36.4 Å². The largest absolute Gasteiger partial charge is 0.334 e. The average molecular weight is 450 g/mol. The molecule has 2 N–H and O–H groups in total. The minimum atomic E-state index is -0.666. The van der Waals surface area contributed by atoms with Gasteiger partial charge in [0.05, 0.1) is 6.54 Å². The highest BCUT2D eigenvalue weighted by Gasteiger charge is 2.28. The maximum atomic E-state index is 14.0. The number of nitrogens with zero attached hydrogens (tertiary/aromatic N) is 2. The third-order valence-electron chi connectivity index (χ3n) is 5.45. The molecule has 33 heavy (non-hydrogen) atoms. The van der Waals surface area contributed by atoms with E-state index >= 15 is 0 Å². The molecule has 6 nitrogen and oxygen atoms in total. The summed E-state index contributed by atoms with van der Waals surface area (Å²) in [6.45, 7) is 1.20. The highest BCUT2D eigenvalue weighted by molar-refractivity contribution is 5.94. The van der Waals surface area contributed by atoms with Crippen LogP contribution in [0.5, 0.6) is 0 Å². The summed E-state index contributed by atoms with van der Waals surface area (Å²) in [4.78, 5) is 28.1. The van der Waals surface area contributed by atoms with Crippen LogP contribution < -0.4 is 15.5 Å². The molecule has 1 aliphatic rings. The van der Waals surface area contributed by atoms with E-state index in [9.17, 15) is 18.4 Å². The molecule has 8 heteroatoms. The molecular formula is C25H24F2N4O2. The molecule has 0 aromatic heterocycles. The van der Waals surface area contributed by atoms with E-state index in [2.05, 4.69) is 10.6 Å². The fourth-order valence-corrected chi connectivity index (χ4v) is 3.72. The molecule has 1 saturated heterocycles. The predicted octanol–water partition coefficient (Wildman–Crippen LogP) is 5.12. The van der Waals surface area contributed by atoms with Crippen LogP contribution in [0.4, 0.5) is 29.7 Å². The van der Waals surface area contributed by atoms with Crippen molar-refractivity contribution in [3.63, 3.8) is 0 Å². The molecule has 0 radical (unpaired) electrons. The van der Waals surface area contributed by atoms with Crippen LogP contribution in [0.2, 0.25) is 0 Å². The Bertz CT molecular complexity index is 1100. The number of benzene rings is 3. The minimum Gasteiger partial charge on any atom is -0.334 e. The van der Waals surface area contributed by atoms with Gasteiger partial charge in [0.1, 0.15) is 11.6 Å². The third kappa shape index (κ3) is 5.46. The van der Waals surface area contributed by atoms with Crippen LogP contribution in [-0.2, 0) is 13.1 Å². The first-order valence-electron chi connectivity index (χ1n) is 10.7. The number of rotatable bonds is 6. The van der Waals surface area contributed by atoms with Crippen molar-refractivity contribution < 1.29 is 18.4 Å². The number of anilines is 2. The van der Waals surface area contributed by atoms with Gasteiger partial charge in [-0.3, -0.25) is 4.90 Å². The normalized spacial score (nSPS) is 13.7. The molecule has 1 aliphatic heterocycles. The maximum absolute atomic E-state index is 14.0. The Morgan fingerprint density at radius 2 is 1.58 bits per heavy atom. The van der Waals surface area contributed by atoms with Gasteiger partial charge in [-0.25, -0.2) is 18.4 Å². The van der Waals surface area contributed by atoms with Crippen molar-refractivity contribution >= 4 is 23.4 Å². The van der Waals surface area contributed by atoms with E-state index in [1.54, 1.807) is 29.2 Å². The quantitative estimate of drug-likeness (QED) is 0.548. The van der Waals surface area contributed by atoms with Crippen LogP contribution in [0.15, 0.2) is 72.8 Å². The summed E-state index contributed by atoms with van der Waals surface area (Å²) in [7, 11) is 0. The fourth-order valence-electron chi connectivity index (χ4n) is 3.72. The molecule has 170 valence electrons. The Balaban J connectivity index is 1.36. The number of nitrogens with one attached hydrogen (secondary N) is 2. The van der Waals surface area contributed by atoms with E-state index < -0.39 is 11.6 Å². The summed E-state index contributed by atoms with van der Waals surface area (Å²) in [6.07, 6.45) is 0.670. The second-order valence-corrected chi connectivity index (χ2v) is 7.75. The van der Waals surface area contributed by atoms with Gasteiger partial charge in [0.2, 0.25) is 0 Å². The zero-order valence-corrected chi connectivity index (χ0v) is 17.9. The van der Waals surface area contributed by atoms with Crippen LogP contribution in [-0.4, -0.2) is 30.1 Å². The van der Waals surface area contributed by atoms with Gasteiger partial charge >= 0.3 is 12.1 Å². The van der Waals surface area contributed by atoms with Gasteiger partial charge in [-0.2, -0.15) is 0 Å². The minimum absolute atomic E-state index is 0.117. The lowest BCUT2D eigenvalue weighted by molar-refractivity contribution is 0.191. The van der Waals surface area contributed by atoms with Crippen LogP contribution in [0.1, 0.15) is 17.5 Å². The topological polar surface area (TPSA) is 64.7 Å². The van der Waals surface area contributed by atoms with Gasteiger partial charge in [-0.05, 0) is 48.4 Å². The summed E-state index contributed by atoms with van der Waals surface area (Å²) in [6, 6.07) is 19.5. The van der Waals surface area contributed by atoms with Crippen molar-refractivity contribution in [1.82, 2.24) is 10.2 Å². The van der Waals surface area contributed by atoms with E-state index in [-0.39, 0.29) is 24.2 Å². The van der Waals surface area contributed by atoms with Gasteiger partial charge in [0.25, 0.3) is 0 Å². The Hall–Kier alpha value is -3.94. The van der Waals surface area contributed by atoms with Gasteiger partial charge in [0.15, 0.2) is 0 Å². The molecule has 4 rings (SSSR count). The van der Waals surface area contributed by atoms with Crippen LogP contribution in [0.25, 0.3) is 0 Å². The molecule has 1 fully saturated rings. The average Bonchev–Trinajstić information content (AvgIpc) is 2.82. The molecule has 1 heterocycles. The van der Waals surface area contributed by atoms with Gasteiger partial charge in [0, 0.05) is 36.6 Å². The van der Waals surface area contributed by atoms with Crippen molar-refractivity contribution in [2.24, 2.45) is 0 Å². The molecule has 0 spiro atoms. The zero-order chi connectivity index (χ0) is 23.2. The first-order chi connectivity index (χ1) is 16.0. The van der Waals surface area contributed by atoms with Crippen LogP contribution >= 0.6 is 0 Å². The first kappa shape index (κ1) is 22.3. The second-order valence-electron chi connectivity index (χ2n) is 7.75. The monoisotopic (exact) mass is 450 g/mol. The molecule has 4 amide bonds. The maximum Gasteiger partial charge on any atom is 0.324 e. The number of amides is 4. The SMILES string of the molecule is O=C(NCc1ccccc1)Nc1ccc(N2CCCN(Cc3c(F)cccc3F)C2=O)cc1. The zero-order valence-electron chi connectivity index (χ0n) is 17.9. The Kier molecular flexibility index (Phi) is 6.83. The summed E-state index contributed by atoms with van der Waals surface area (Å²) < 4.78 is 28.0. The standard InChI is InChI=1S/C25H24F2N4O2/c26-22-8-4-9-23(27)21(22)17-30-14-5-15-31(25(30)33)20-12-10-19(11-13-20)29-24(32)28-16-18-6-2-1-3-7-18/h1-4,6-13H,5,14-17H2,(H2,28,29,32). The van der Waals surface area contributed by atoms with Crippen molar-refractivity contribution in [3.8, 4) is 0 Å². The van der Waals surface area contributed by atoms with Crippen molar-refractivity contribution in [3.05, 3.63) is 95.6 Å². The van der Waals surface area contributed by atoms with Crippen LogP contribution in [0, 0.1) is 11.6 Å². The molecule has 3 aromatic carbocycles. The second kappa shape index (κ2) is 10.1. The fraction of sp³-hybridized carbons (Fsp3) is 0.200.